The fourth-order valence-electron chi connectivity index (χ4n) is 3.35. The number of carbonyl (C=O) groups is 1. The van der Waals surface area contributed by atoms with Crippen LogP contribution in [-0.4, -0.2) is 32.8 Å². The Hall–Kier alpha value is -4.26. The minimum Gasteiger partial charge on any atom is -0.497 e. The molecule has 34 heavy (non-hydrogen) atoms. The summed E-state index contributed by atoms with van der Waals surface area (Å²) >= 11 is 0. The highest BCUT2D eigenvalue weighted by Crippen LogP contribution is 2.19. The van der Waals surface area contributed by atoms with E-state index < -0.39 is 0 Å². The number of hydrogen-bond acceptors (Lipinski definition) is 6. The molecule has 4 aromatic rings. The lowest BCUT2D eigenvalue weighted by atomic mass is 10.0. The number of aromatic nitrogens is 4. The summed E-state index contributed by atoms with van der Waals surface area (Å²) in [4.78, 5) is 21.7. The highest BCUT2D eigenvalue weighted by molar-refractivity contribution is 5.94. The maximum absolute atomic E-state index is 13.0. The zero-order valence-corrected chi connectivity index (χ0v) is 19.5. The first-order chi connectivity index (χ1) is 16.5. The molecule has 0 aliphatic heterocycles. The Morgan fingerprint density at radius 2 is 1.85 bits per heavy atom. The minimum atomic E-state index is -0.309. The predicted molar refractivity (Wildman–Crippen MR) is 134 cm³/mol. The average Bonchev–Trinajstić information content (AvgIpc) is 3.31. The van der Waals surface area contributed by atoms with Crippen LogP contribution in [0.1, 0.15) is 41.3 Å². The number of nitrogens with zero attached hydrogens (tertiary/aromatic N) is 4. The second kappa shape index (κ2) is 10.6. The van der Waals surface area contributed by atoms with Crippen LogP contribution in [0.4, 0.5) is 5.95 Å². The molecule has 2 aromatic carbocycles. The summed E-state index contributed by atoms with van der Waals surface area (Å²) in [5, 5.41) is 7.71. The summed E-state index contributed by atoms with van der Waals surface area (Å²) in [5.41, 5.74) is 3.98. The first kappa shape index (κ1) is 22.9. The van der Waals surface area contributed by atoms with E-state index >= 15 is 0 Å². The average molecular weight is 454 g/mol. The Kier molecular flexibility index (Phi) is 7.13. The fraction of sp³-hybridized carbons (Fsp3) is 0.185. The number of allylic oxidation sites excluding steroid dienone is 1. The third-order valence-electron chi connectivity index (χ3n) is 5.37. The molecule has 1 N–H and O–H groups in total. The molecule has 0 atom stereocenters. The van der Waals surface area contributed by atoms with E-state index in [1.54, 1.807) is 25.6 Å². The third kappa shape index (κ3) is 5.56. The lowest BCUT2D eigenvalue weighted by Gasteiger charge is -2.08. The number of ether oxygens (including phenoxy) is 1. The van der Waals surface area contributed by atoms with E-state index in [4.69, 9.17) is 4.74 Å². The Balaban J connectivity index is 1.57. The van der Waals surface area contributed by atoms with Gasteiger partial charge in [0.2, 0.25) is 5.95 Å². The van der Waals surface area contributed by atoms with Crippen molar-refractivity contribution in [2.75, 3.05) is 12.4 Å². The van der Waals surface area contributed by atoms with Gasteiger partial charge in [-0.05, 0) is 52.9 Å². The van der Waals surface area contributed by atoms with Gasteiger partial charge in [0, 0.05) is 30.6 Å². The van der Waals surface area contributed by atoms with Gasteiger partial charge in [0.25, 0.3) is 5.91 Å². The first-order valence-electron chi connectivity index (χ1n) is 11.1. The van der Waals surface area contributed by atoms with Gasteiger partial charge in [0.05, 0.1) is 7.11 Å². The van der Waals surface area contributed by atoms with E-state index in [-0.39, 0.29) is 5.91 Å². The number of anilines is 1. The molecule has 0 bridgehead atoms. The summed E-state index contributed by atoms with van der Waals surface area (Å²) in [5.74, 6) is 1.72. The van der Waals surface area contributed by atoms with Crippen LogP contribution >= 0.6 is 0 Å². The zero-order valence-electron chi connectivity index (χ0n) is 19.5. The molecule has 0 aliphatic rings. The van der Waals surface area contributed by atoms with Crippen molar-refractivity contribution >= 4 is 17.9 Å². The molecule has 0 saturated carbocycles. The third-order valence-corrected chi connectivity index (χ3v) is 5.37. The van der Waals surface area contributed by atoms with Crippen LogP contribution < -0.4 is 10.1 Å². The van der Waals surface area contributed by atoms with E-state index in [1.165, 1.54) is 16.3 Å². The summed E-state index contributed by atoms with van der Waals surface area (Å²) in [7, 11) is 1.62. The van der Waals surface area contributed by atoms with E-state index in [0.29, 0.717) is 24.2 Å². The van der Waals surface area contributed by atoms with E-state index in [9.17, 15) is 4.79 Å². The van der Waals surface area contributed by atoms with Crippen LogP contribution in [0.15, 0.2) is 79.1 Å². The highest BCUT2D eigenvalue weighted by atomic mass is 16.5. The van der Waals surface area contributed by atoms with E-state index in [2.05, 4.69) is 58.5 Å². The van der Waals surface area contributed by atoms with Crippen molar-refractivity contribution in [1.82, 2.24) is 19.7 Å². The second-order valence-electron chi connectivity index (χ2n) is 8.11. The molecule has 0 radical (unpaired) electrons. The molecular formula is C27H27N5O2. The number of benzene rings is 2. The van der Waals surface area contributed by atoms with Crippen molar-refractivity contribution < 1.29 is 9.53 Å². The summed E-state index contributed by atoms with van der Waals surface area (Å²) in [6, 6.07) is 19.5. The van der Waals surface area contributed by atoms with Crippen molar-refractivity contribution in [3.8, 4) is 17.1 Å². The normalized spacial score (nSPS) is 11.2. The van der Waals surface area contributed by atoms with Crippen molar-refractivity contribution in [3.63, 3.8) is 0 Å². The Labute approximate surface area is 199 Å². The molecule has 0 spiro atoms. The Morgan fingerprint density at radius 1 is 1.09 bits per heavy atom. The van der Waals surface area contributed by atoms with Gasteiger partial charge < -0.3 is 10.1 Å². The molecule has 172 valence electrons. The second-order valence-corrected chi connectivity index (χ2v) is 8.11. The number of carbonyl (C=O) groups excluding carboxylic acids is 1. The fourth-order valence-corrected chi connectivity index (χ4v) is 3.35. The smallest absolute Gasteiger partial charge is 0.274 e. The van der Waals surface area contributed by atoms with Crippen molar-refractivity contribution in [1.29, 1.82) is 0 Å². The highest BCUT2D eigenvalue weighted by Gasteiger charge is 2.16. The topological polar surface area (TPSA) is 81.9 Å². The van der Waals surface area contributed by atoms with Crippen LogP contribution in [-0.2, 0) is 6.54 Å². The van der Waals surface area contributed by atoms with Gasteiger partial charge in [0.15, 0.2) is 5.82 Å². The van der Waals surface area contributed by atoms with Gasteiger partial charge in [-0.15, -0.1) is 5.10 Å². The lowest BCUT2D eigenvalue weighted by Crippen LogP contribution is -2.14. The van der Waals surface area contributed by atoms with Crippen LogP contribution in [0.25, 0.3) is 17.5 Å². The van der Waals surface area contributed by atoms with Crippen LogP contribution in [0.3, 0.4) is 0 Å². The maximum atomic E-state index is 13.0. The minimum absolute atomic E-state index is 0.309. The molecule has 2 heterocycles. The summed E-state index contributed by atoms with van der Waals surface area (Å²) in [6.07, 6.45) is 6.57. The Morgan fingerprint density at radius 3 is 2.50 bits per heavy atom. The van der Waals surface area contributed by atoms with Gasteiger partial charge in [-0.3, -0.25) is 9.78 Å². The van der Waals surface area contributed by atoms with Crippen LogP contribution in [0.2, 0.25) is 0 Å². The summed E-state index contributed by atoms with van der Waals surface area (Å²) < 4.78 is 6.46. The number of nitrogens with one attached hydrogen (secondary N) is 1. The van der Waals surface area contributed by atoms with Gasteiger partial charge in [-0.2, -0.15) is 9.67 Å². The number of pyridine rings is 1. The monoisotopic (exact) mass is 453 g/mol. The van der Waals surface area contributed by atoms with E-state index in [0.717, 1.165) is 22.4 Å². The largest absolute Gasteiger partial charge is 0.497 e. The Bertz CT molecular complexity index is 1260. The molecule has 0 saturated heterocycles. The molecule has 0 fully saturated rings. The van der Waals surface area contributed by atoms with Crippen molar-refractivity contribution in [3.05, 3.63) is 95.8 Å². The standard InChI is InChI=1S/C27H27N5O2/c1-19(2)22-11-6-21(7-12-22)17-29-27-30-26(23-5-4-16-28-18-23)31-32(27)25(33)15-10-20-8-13-24(34-3)14-9-20/h4-16,18-19H,17H2,1-3H3,(H,29,30,31)/b15-10+. The van der Waals surface area contributed by atoms with Gasteiger partial charge in [-0.25, -0.2) is 0 Å². The zero-order chi connectivity index (χ0) is 23.9. The molecule has 2 aromatic heterocycles. The number of hydrogen-bond donors (Lipinski definition) is 1. The quantitative estimate of drug-likeness (QED) is 0.358. The van der Waals surface area contributed by atoms with Crippen molar-refractivity contribution in [2.24, 2.45) is 0 Å². The maximum Gasteiger partial charge on any atom is 0.274 e. The molecule has 0 amide bonds. The SMILES string of the molecule is COc1ccc(/C=C/C(=O)n2nc(-c3cccnc3)nc2NCc2ccc(C(C)C)cc2)cc1. The number of methoxy groups -OCH3 is 1. The molecule has 0 unspecified atom stereocenters. The van der Waals surface area contributed by atoms with Gasteiger partial charge in [0.1, 0.15) is 5.75 Å². The van der Waals surface area contributed by atoms with Gasteiger partial charge in [-0.1, -0.05) is 50.2 Å². The molecule has 4 rings (SSSR count). The lowest BCUT2D eigenvalue weighted by molar-refractivity contribution is 0.0957. The predicted octanol–water partition coefficient (Wildman–Crippen LogP) is 5.44. The van der Waals surface area contributed by atoms with Crippen LogP contribution in [0, 0.1) is 0 Å². The van der Waals surface area contributed by atoms with Crippen molar-refractivity contribution in [2.45, 2.75) is 26.3 Å². The number of rotatable bonds is 8. The molecule has 0 aliphatic carbocycles. The molecule has 7 nitrogen and oxygen atoms in total. The molecule has 7 heteroatoms. The first-order valence-corrected chi connectivity index (χ1v) is 11.1. The molecular weight excluding hydrogens is 426 g/mol. The van der Waals surface area contributed by atoms with E-state index in [1.807, 2.05) is 36.4 Å². The van der Waals surface area contributed by atoms with Gasteiger partial charge >= 0.3 is 0 Å². The summed E-state index contributed by atoms with van der Waals surface area (Å²) in [6.45, 7) is 4.85. The van der Waals surface area contributed by atoms with Crippen LogP contribution in [0.5, 0.6) is 5.75 Å².